The SMILES string of the molecule is Cc1cc2nc3sccn3c2cc1C. The second-order valence-electron chi connectivity index (χ2n) is 3.59. The Bertz CT molecular complexity index is 619. The maximum atomic E-state index is 4.56. The van der Waals surface area contributed by atoms with E-state index in [4.69, 9.17) is 0 Å². The van der Waals surface area contributed by atoms with Gasteiger partial charge in [-0.1, -0.05) is 0 Å². The lowest BCUT2D eigenvalue weighted by Crippen LogP contribution is -1.82. The van der Waals surface area contributed by atoms with Gasteiger partial charge in [0.25, 0.3) is 0 Å². The van der Waals surface area contributed by atoms with E-state index < -0.39 is 0 Å². The van der Waals surface area contributed by atoms with Crippen molar-refractivity contribution < 1.29 is 0 Å². The average molecular weight is 202 g/mol. The Morgan fingerprint density at radius 1 is 1.21 bits per heavy atom. The Morgan fingerprint density at radius 3 is 2.86 bits per heavy atom. The topological polar surface area (TPSA) is 17.3 Å². The molecule has 0 bridgehead atoms. The summed E-state index contributed by atoms with van der Waals surface area (Å²) in [6, 6.07) is 4.36. The lowest BCUT2D eigenvalue weighted by Gasteiger charge is -1.98. The molecule has 0 atom stereocenters. The quantitative estimate of drug-likeness (QED) is 0.547. The van der Waals surface area contributed by atoms with Crippen LogP contribution in [0.15, 0.2) is 23.7 Å². The van der Waals surface area contributed by atoms with Crippen LogP contribution in [0, 0.1) is 13.8 Å². The van der Waals surface area contributed by atoms with Crippen molar-refractivity contribution in [2.24, 2.45) is 0 Å². The zero-order chi connectivity index (χ0) is 9.71. The minimum absolute atomic E-state index is 1.07. The molecule has 0 amide bonds. The number of nitrogens with zero attached hydrogens (tertiary/aromatic N) is 2. The lowest BCUT2D eigenvalue weighted by atomic mass is 10.1. The van der Waals surface area contributed by atoms with Gasteiger partial charge in [-0.25, -0.2) is 4.98 Å². The number of aryl methyl sites for hydroxylation is 2. The van der Waals surface area contributed by atoms with Gasteiger partial charge in [0.2, 0.25) is 0 Å². The normalized spacial score (nSPS) is 11.6. The predicted octanol–water partition coefficient (Wildman–Crippen LogP) is 3.17. The zero-order valence-corrected chi connectivity index (χ0v) is 8.93. The highest BCUT2D eigenvalue weighted by Crippen LogP contribution is 2.22. The number of rotatable bonds is 0. The highest BCUT2D eigenvalue weighted by Gasteiger charge is 2.06. The van der Waals surface area contributed by atoms with E-state index in [-0.39, 0.29) is 0 Å². The van der Waals surface area contributed by atoms with Crippen molar-refractivity contribution in [2.45, 2.75) is 13.8 Å². The Hall–Kier alpha value is -1.35. The molecule has 0 aliphatic rings. The van der Waals surface area contributed by atoms with Gasteiger partial charge in [-0.05, 0) is 37.1 Å². The van der Waals surface area contributed by atoms with Gasteiger partial charge >= 0.3 is 0 Å². The highest BCUT2D eigenvalue weighted by molar-refractivity contribution is 7.15. The van der Waals surface area contributed by atoms with Gasteiger partial charge in [0.1, 0.15) is 0 Å². The second-order valence-corrected chi connectivity index (χ2v) is 4.47. The fraction of sp³-hybridized carbons (Fsp3) is 0.182. The fourth-order valence-corrected chi connectivity index (χ4v) is 2.44. The number of hydrogen-bond acceptors (Lipinski definition) is 2. The molecule has 2 heterocycles. The van der Waals surface area contributed by atoms with Gasteiger partial charge in [0.15, 0.2) is 4.96 Å². The zero-order valence-electron chi connectivity index (χ0n) is 8.11. The first-order chi connectivity index (χ1) is 6.75. The summed E-state index contributed by atoms with van der Waals surface area (Å²) < 4.78 is 2.15. The van der Waals surface area contributed by atoms with E-state index >= 15 is 0 Å². The third-order valence-electron chi connectivity index (χ3n) is 2.66. The largest absolute Gasteiger partial charge is 0.290 e. The summed E-state index contributed by atoms with van der Waals surface area (Å²) in [5.74, 6) is 0. The summed E-state index contributed by atoms with van der Waals surface area (Å²) in [5.41, 5.74) is 4.94. The molecule has 0 radical (unpaired) electrons. The Balaban J connectivity index is 2.57. The Labute approximate surface area is 85.8 Å². The molecule has 0 spiro atoms. The summed E-state index contributed by atoms with van der Waals surface area (Å²) in [5, 5.41) is 2.07. The van der Waals surface area contributed by atoms with Crippen LogP contribution in [0.2, 0.25) is 0 Å². The molecule has 3 aromatic rings. The summed E-state index contributed by atoms with van der Waals surface area (Å²) in [6.45, 7) is 4.27. The number of aromatic nitrogens is 2. The molecular formula is C11H10N2S. The minimum Gasteiger partial charge on any atom is -0.290 e. The van der Waals surface area contributed by atoms with Crippen LogP contribution in [-0.2, 0) is 0 Å². The molecule has 0 unspecified atom stereocenters. The maximum Gasteiger partial charge on any atom is 0.194 e. The molecule has 2 aromatic heterocycles. The summed E-state index contributed by atoms with van der Waals surface area (Å²) in [6.07, 6.45) is 2.07. The van der Waals surface area contributed by atoms with Crippen LogP contribution in [0.25, 0.3) is 16.0 Å². The molecule has 70 valence electrons. The van der Waals surface area contributed by atoms with E-state index in [1.54, 1.807) is 11.3 Å². The molecule has 0 N–H and O–H groups in total. The summed E-state index contributed by atoms with van der Waals surface area (Å²) >= 11 is 1.68. The number of benzene rings is 1. The molecule has 0 aliphatic carbocycles. The molecule has 0 saturated heterocycles. The molecule has 14 heavy (non-hydrogen) atoms. The molecular weight excluding hydrogens is 192 g/mol. The molecule has 3 rings (SSSR count). The molecule has 2 nitrogen and oxygen atoms in total. The van der Waals surface area contributed by atoms with E-state index in [0.717, 1.165) is 10.5 Å². The fourth-order valence-electron chi connectivity index (χ4n) is 1.71. The molecule has 1 aromatic carbocycles. The van der Waals surface area contributed by atoms with Crippen molar-refractivity contribution in [2.75, 3.05) is 0 Å². The van der Waals surface area contributed by atoms with E-state index in [1.165, 1.54) is 16.6 Å². The standard InChI is InChI=1S/C11H10N2S/c1-7-5-9-10(6-8(7)2)13-3-4-14-11(13)12-9/h3-6H,1-2H3. The number of thiazole rings is 1. The van der Waals surface area contributed by atoms with Gasteiger partial charge in [0, 0.05) is 11.6 Å². The van der Waals surface area contributed by atoms with Crippen LogP contribution in [-0.4, -0.2) is 9.38 Å². The monoisotopic (exact) mass is 202 g/mol. The third kappa shape index (κ3) is 0.930. The summed E-state index contributed by atoms with van der Waals surface area (Å²) in [7, 11) is 0. The van der Waals surface area contributed by atoms with Crippen molar-refractivity contribution in [3.8, 4) is 0 Å². The highest BCUT2D eigenvalue weighted by atomic mass is 32.1. The first-order valence-corrected chi connectivity index (χ1v) is 5.46. The van der Waals surface area contributed by atoms with Gasteiger partial charge < -0.3 is 0 Å². The lowest BCUT2D eigenvalue weighted by molar-refractivity contribution is 1.27. The van der Waals surface area contributed by atoms with Crippen molar-refractivity contribution >= 4 is 27.3 Å². The van der Waals surface area contributed by atoms with Crippen LogP contribution >= 0.6 is 11.3 Å². The van der Waals surface area contributed by atoms with E-state index in [1.807, 2.05) is 0 Å². The van der Waals surface area contributed by atoms with Crippen LogP contribution < -0.4 is 0 Å². The molecule has 0 fully saturated rings. The molecule has 0 saturated carbocycles. The van der Waals surface area contributed by atoms with Crippen molar-refractivity contribution in [1.29, 1.82) is 0 Å². The van der Waals surface area contributed by atoms with Crippen LogP contribution in [0.4, 0.5) is 0 Å². The van der Waals surface area contributed by atoms with Gasteiger partial charge in [-0.3, -0.25) is 4.40 Å². The van der Waals surface area contributed by atoms with Crippen LogP contribution in [0.1, 0.15) is 11.1 Å². The van der Waals surface area contributed by atoms with Gasteiger partial charge in [-0.15, -0.1) is 11.3 Å². The van der Waals surface area contributed by atoms with Crippen molar-refractivity contribution in [1.82, 2.24) is 9.38 Å². The number of imidazole rings is 1. The predicted molar refractivity (Wildman–Crippen MR) is 60.0 cm³/mol. The average Bonchev–Trinajstić information content (AvgIpc) is 2.68. The van der Waals surface area contributed by atoms with Crippen LogP contribution in [0.3, 0.4) is 0 Å². The number of fused-ring (bicyclic) bond motifs is 3. The maximum absolute atomic E-state index is 4.56. The van der Waals surface area contributed by atoms with E-state index in [9.17, 15) is 0 Å². The molecule has 0 aliphatic heterocycles. The van der Waals surface area contributed by atoms with Crippen LogP contribution in [0.5, 0.6) is 0 Å². The van der Waals surface area contributed by atoms with Gasteiger partial charge in [-0.2, -0.15) is 0 Å². The minimum atomic E-state index is 1.07. The van der Waals surface area contributed by atoms with Crippen molar-refractivity contribution in [3.63, 3.8) is 0 Å². The summed E-state index contributed by atoms with van der Waals surface area (Å²) in [4.78, 5) is 5.63. The van der Waals surface area contributed by atoms with Gasteiger partial charge in [0.05, 0.1) is 11.0 Å². The van der Waals surface area contributed by atoms with E-state index in [0.29, 0.717) is 0 Å². The second kappa shape index (κ2) is 2.58. The number of hydrogen-bond donors (Lipinski definition) is 0. The Kier molecular flexibility index (Phi) is 1.47. The smallest absolute Gasteiger partial charge is 0.194 e. The first-order valence-electron chi connectivity index (χ1n) is 4.58. The first kappa shape index (κ1) is 8.00. The third-order valence-corrected chi connectivity index (χ3v) is 3.41. The Morgan fingerprint density at radius 2 is 2.00 bits per heavy atom. The van der Waals surface area contributed by atoms with E-state index in [2.05, 4.69) is 46.9 Å². The molecule has 3 heteroatoms. The van der Waals surface area contributed by atoms with Crippen molar-refractivity contribution in [3.05, 3.63) is 34.8 Å².